The van der Waals surface area contributed by atoms with Crippen LogP contribution in [-0.4, -0.2) is 64.6 Å². The van der Waals surface area contributed by atoms with Crippen molar-refractivity contribution in [3.05, 3.63) is 61.3 Å². The number of esters is 1. The Labute approximate surface area is 218 Å². The first kappa shape index (κ1) is 28.2. The Kier molecular flexibility index (Phi) is 11.0. The number of nitrogens with zero attached hydrogens (tertiary/aromatic N) is 1. The van der Waals surface area contributed by atoms with Crippen LogP contribution in [0.2, 0.25) is 0 Å². The van der Waals surface area contributed by atoms with Crippen molar-refractivity contribution in [2.75, 3.05) is 19.8 Å². The highest BCUT2D eigenvalue weighted by Gasteiger charge is 2.31. The highest BCUT2D eigenvalue weighted by molar-refractivity contribution is 5.87. The molecule has 2 aromatic rings. The first-order chi connectivity index (χ1) is 18.0. The molecule has 1 saturated heterocycles. The number of carbonyl (C=O) groups excluding carboxylic acids is 3. The summed E-state index contributed by atoms with van der Waals surface area (Å²) in [6.45, 7) is 7.98. The molecule has 8 heteroatoms. The maximum absolute atomic E-state index is 13.4. The highest BCUT2D eigenvalue weighted by atomic mass is 16.5. The van der Waals surface area contributed by atoms with Crippen molar-refractivity contribution in [3.63, 3.8) is 0 Å². The standard InChI is InChI=1S/C29H39N3O5/c1-3-5-6-14-28(35)37-20-23(16-22-18-30-26-13-8-7-12-25(22)26)31-29(36)21(10-4-2)17-27(34)32-15-9-11-24(32)19-33/h3-4,7-8,12-13,18,21,23-24,30,33H,1-2,5-6,9-11,14-17,19-20H2,(H,31,36). The second-order valence-corrected chi connectivity index (χ2v) is 9.62. The second-order valence-electron chi connectivity index (χ2n) is 9.62. The maximum Gasteiger partial charge on any atom is 0.305 e. The number of likely N-dealkylation sites (tertiary alicyclic amines) is 1. The van der Waals surface area contributed by atoms with E-state index in [1.54, 1.807) is 17.1 Å². The molecule has 0 radical (unpaired) electrons. The lowest BCUT2D eigenvalue weighted by molar-refractivity contribution is -0.145. The van der Waals surface area contributed by atoms with Crippen LogP contribution in [0.1, 0.15) is 50.5 Å². The van der Waals surface area contributed by atoms with E-state index in [0.29, 0.717) is 25.8 Å². The van der Waals surface area contributed by atoms with E-state index in [2.05, 4.69) is 23.5 Å². The zero-order valence-electron chi connectivity index (χ0n) is 21.5. The second kappa shape index (κ2) is 14.4. The van der Waals surface area contributed by atoms with Crippen molar-refractivity contribution in [2.24, 2.45) is 5.92 Å². The van der Waals surface area contributed by atoms with Gasteiger partial charge in [-0.15, -0.1) is 13.2 Å². The number of aliphatic hydroxyl groups excluding tert-OH is 1. The predicted octanol–water partition coefficient (Wildman–Crippen LogP) is 3.66. The van der Waals surface area contributed by atoms with Gasteiger partial charge in [0.1, 0.15) is 6.61 Å². The summed E-state index contributed by atoms with van der Waals surface area (Å²) >= 11 is 0. The average molecular weight is 510 g/mol. The van der Waals surface area contributed by atoms with Gasteiger partial charge in [0.05, 0.1) is 24.6 Å². The number of hydrogen-bond donors (Lipinski definition) is 3. The lowest BCUT2D eigenvalue weighted by atomic mass is 9.97. The number of aromatic nitrogens is 1. The molecule has 0 aliphatic carbocycles. The first-order valence-corrected chi connectivity index (χ1v) is 13.1. The molecule has 1 fully saturated rings. The van der Waals surface area contributed by atoms with Gasteiger partial charge in [-0.2, -0.15) is 0 Å². The molecule has 3 rings (SSSR count). The first-order valence-electron chi connectivity index (χ1n) is 13.1. The fourth-order valence-electron chi connectivity index (χ4n) is 4.86. The van der Waals surface area contributed by atoms with Gasteiger partial charge in [-0.1, -0.05) is 30.4 Å². The molecule has 1 aromatic heterocycles. The molecular weight excluding hydrogens is 470 g/mol. The number of nitrogens with one attached hydrogen (secondary N) is 2. The van der Waals surface area contributed by atoms with E-state index in [9.17, 15) is 19.5 Å². The smallest absolute Gasteiger partial charge is 0.305 e. The van der Waals surface area contributed by atoms with Crippen LogP contribution in [0.25, 0.3) is 10.9 Å². The molecule has 0 saturated carbocycles. The molecule has 2 amide bonds. The van der Waals surface area contributed by atoms with E-state index in [1.165, 1.54) is 0 Å². The summed E-state index contributed by atoms with van der Waals surface area (Å²) in [7, 11) is 0. The molecule has 0 spiro atoms. The number of allylic oxidation sites excluding steroid dienone is 2. The molecule has 3 unspecified atom stereocenters. The minimum absolute atomic E-state index is 0.0334. The van der Waals surface area contributed by atoms with E-state index < -0.39 is 12.0 Å². The van der Waals surface area contributed by atoms with Crippen molar-refractivity contribution in [3.8, 4) is 0 Å². The molecule has 37 heavy (non-hydrogen) atoms. The van der Waals surface area contributed by atoms with Gasteiger partial charge in [-0.25, -0.2) is 0 Å². The lowest BCUT2D eigenvalue weighted by Crippen LogP contribution is -2.45. The summed E-state index contributed by atoms with van der Waals surface area (Å²) in [5.41, 5.74) is 1.99. The number of ether oxygens (including phenoxy) is 1. The van der Waals surface area contributed by atoms with E-state index in [1.807, 2.05) is 30.5 Å². The number of benzene rings is 1. The molecule has 3 N–H and O–H groups in total. The summed E-state index contributed by atoms with van der Waals surface area (Å²) in [5.74, 6) is -1.33. The number of para-hydroxylation sites is 1. The molecule has 200 valence electrons. The molecule has 3 atom stereocenters. The Bertz CT molecular complexity index is 1080. The zero-order valence-corrected chi connectivity index (χ0v) is 21.5. The number of hydrogen-bond acceptors (Lipinski definition) is 5. The minimum Gasteiger partial charge on any atom is -0.463 e. The number of aliphatic hydroxyl groups is 1. The monoisotopic (exact) mass is 509 g/mol. The lowest BCUT2D eigenvalue weighted by Gasteiger charge is -2.26. The van der Waals surface area contributed by atoms with E-state index in [0.717, 1.165) is 35.7 Å². The summed E-state index contributed by atoms with van der Waals surface area (Å²) < 4.78 is 5.52. The molecule has 8 nitrogen and oxygen atoms in total. The quantitative estimate of drug-likeness (QED) is 0.193. The van der Waals surface area contributed by atoms with Gasteiger partial charge >= 0.3 is 5.97 Å². The SMILES string of the molecule is C=CCCCC(=O)OCC(Cc1c[nH]c2ccccc12)NC(=O)C(CC=C)CC(=O)N1CCCC1CO. The molecular formula is C29H39N3O5. The number of amides is 2. The van der Waals surface area contributed by atoms with Crippen molar-refractivity contribution >= 4 is 28.7 Å². The number of unbranched alkanes of at least 4 members (excludes halogenated alkanes) is 1. The van der Waals surface area contributed by atoms with Crippen LogP contribution in [-0.2, 0) is 25.5 Å². The van der Waals surface area contributed by atoms with Gasteiger partial charge < -0.3 is 25.0 Å². The van der Waals surface area contributed by atoms with Gasteiger partial charge in [0.25, 0.3) is 0 Å². The van der Waals surface area contributed by atoms with Crippen LogP contribution in [0.4, 0.5) is 0 Å². The van der Waals surface area contributed by atoms with Gasteiger partial charge in [0.15, 0.2) is 0 Å². The van der Waals surface area contributed by atoms with Crippen molar-refractivity contribution in [1.29, 1.82) is 0 Å². The largest absolute Gasteiger partial charge is 0.463 e. The summed E-state index contributed by atoms with van der Waals surface area (Å²) in [5, 5.41) is 13.7. The van der Waals surface area contributed by atoms with Crippen LogP contribution >= 0.6 is 0 Å². The Morgan fingerprint density at radius 1 is 1.24 bits per heavy atom. The maximum atomic E-state index is 13.4. The number of fused-ring (bicyclic) bond motifs is 1. The topological polar surface area (TPSA) is 112 Å². The third kappa shape index (κ3) is 8.05. The van der Waals surface area contributed by atoms with E-state index in [4.69, 9.17) is 4.74 Å². The van der Waals surface area contributed by atoms with Crippen molar-refractivity contribution < 1.29 is 24.2 Å². The zero-order chi connectivity index (χ0) is 26.6. The van der Waals surface area contributed by atoms with Gasteiger partial charge in [0.2, 0.25) is 11.8 Å². The van der Waals surface area contributed by atoms with Gasteiger partial charge in [-0.05, 0) is 50.2 Å². The Hall–Kier alpha value is -3.39. The normalized spacial score (nSPS) is 16.8. The van der Waals surface area contributed by atoms with Crippen LogP contribution in [0.5, 0.6) is 0 Å². The predicted molar refractivity (Wildman–Crippen MR) is 144 cm³/mol. The number of carbonyl (C=O) groups is 3. The van der Waals surface area contributed by atoms with Crippen molar-refractivity contribution in [1.82, 2.24) is 15.2 Å². The molecule has 1 aliphatic rings. The number of H-pyrrole nitrogens is 1. The summed E-state index contributed by atoms with van der Waals surface area (Å²) in [6.07, 6.45) is 9.45. The third-order valence-electron chi connectivity index (χ3n) is 6.87. The fourth-order valence-corrected chi connectivity index (χ4v) is 4.86. The molecule has 0 bridgehead atoms. The Morgan fingerprint density at radius 2 is 2.05 bits per heavy atom. The van der Waals surface area contributed by atoms with E-state index in [-0.39, 0.29) is 49.9 Å². The average Bonchev–Trinajstić information content (AvgIpc) is 3.54. The minimum atomic E-state index is -0.598. The third-order valence-corrected chi connectivity index (χ3v) is 6.87. The molecule has 1 aliphatic heterocycles. The van der Waals surface area contributed by atoms with Crippen LogP contribution in [0.15, 0.2) is 55.8 Å². The van der Waals surface area contributed by atoms with Crippen molar-refractivity contribution in [2.45, 2.75) is 63.5 Å². The Balaban J connectivity index is 1.69. The number of aromatic amines is 1. The van der Waals surface area contributed by atoms with E-state index >= 15 is 0 Å². The molecule has 1 aromatic carbocycles. The van der Waals surface area contributed by atoms with Gasteiger partial charge in [-0.3, -0.25) is 14.4 Å². The summed E-state index contributed by atoms with van der Waals surface area (Å²) in [6, 6.07) is 7.25. The van der Waals surface area contributed by atoms with Crippen LogP contribution in [0, 0.1) is 5.92 Å². The Morgan fingerprint density at radius 3 is 2.81 bits per heavy atom. The number of rotatable bonds is 15. The van der Waals surface area contributed by atoms with Gasteiger partial charge in [0, 0.05) is 36.5 Å². The fraction of sp³-hybridized carbons (Fsp3) is 0.483. The highest BCUT2D eigenvalue weighted by Crippen LogP contribution is 2.22. The molecule has 2 heterocycles. The van der Waals surface area contributed by atoms with Crippen LogP contribution in [0.3, 0.4) is 0 Å². The summed E-state index contributed by atoms with van der Waals surface area (Å²) in [4.78, 5) is 43.5. The van der Waals surface area contributed by atoms with Crippen LogP contribution < -0.4 is 5.32 Å².